The van der Waals surface area contributed by atoms with Crippen molar-refractivity contribution in [2.75, 3.05) is 19.5 Å². The first kappa shape index (κ1) is 12.7. The van der Waals surface area contributed by atoms with Gasteiger partial charge in [-0.05, 0) is 25.0 Å². The molecular formula is C12H15NO2S2. The third-order valence-electron chi connectivity index (χ3n) is 2.35. The molecule has 1 aromatic carbocycles. The highest BCUT2D eigenvalue weighted by Gasteiger charge is 2.05. The Bertz CT molecular complexity index is 484. The van der Waals surface area contributed by atoms with Gasteiger partial charge in [0.25, 0.3) is 0 Å². The number of hydrogen-bond donors (Lipinski definition) is 1. The van der Waals surface area contributed by atoms with E-state index in [1.54, 1.807) is 30.2 Å². The molecule has 92 valence electrons. The summed E-state index contributed by atoms with van der Waals surface area (Å²) in [5.74, 6) is 1.86. The first-order valence-electron chi connectivity index (χ1n) is 5.51. The summed E-state index contributed by atoms with van der Waals surface area (Å²) in [6.45, 7) is 0.275. The molecule has 0 bridgehead atoms. The molecule has 0 saturated heterocycles. The lowest BCUT2D eigenvalue weighted by molar-refractivity contribution is 0.287. The Kier molecular flexibility index (Phi) is 4.65. The van der Waals surface area contributed by atoms with E-state index in [1.165, 1.54) is 4.70 Å². The third kappa shape index (κ3) is 3.34. The van der Waals surface area contributed by atoms with Crippen molar-refractivity contribution in [1.29, 1.82) is 0 Å². The Morgan fingerprint density at radius 2 is 2.29 bits per heavy atom. The minimum Gasteiger partial charge on any atom is -0.497 e. The predicted molar refractivity (Wildman–Crippen MR) is 73.2 cm³/mol. The van der Waals surface area contributed by atoms with E-state index >= 15 is 0 Å². The molecule has 0 aliphatic carbocycles. The number of thioether (sulfide) groups is 1. The fourth-order valence-electron chi connectivity index (χ4n) is 1.45. The quantitative estimate of drug-likeness (QED) is 0.646. The van der Waals surface area contributed by atoms with Crippen molar-refractivity contribution in [2.24, 2.45) is 0 Å². The first-order chi connectivity index (χ1) is 8.33. The monoisotopic (exact) mass is 269 g/mol. The van der Waals surface area contributed by atoms with Gasteiger partial charge in [0.1, 0.15) is 5.75 Å². The largest absolute Gasteiger partial charge is 0.497 e. The minimum absolute atomic E-state index is 0.275. The summed E-state index contributed by atoms with van der Waals surface area (Å²) in [7, 11) is 1.66. The van der Waals surface area contributed by atoms with Gasteiger partial charge in [0, 0.05) is 18.4 Å². The second-order valence-corrected chi connectivity index (χ2v) is 5.97. The van der Waals surface area contributed by atoms with Crippen molar-refractivity contribution in [3.05, 3.63) is 18.2 Å². The fraction of sp³-hybridized carbons (Fsp3) is 0.417. The molecule has 0 aliphatic heterocycles. The number of aliphatic hydroxyl groups excluding tert-OH is 1. The predicted octanol–water partition coefficient (Wildman–Crippen LogP) is 3.17. The van der Waals surface area contributed by atoms with Crippen molar-refractivity contribution in [1.82, 2.24) is 4.98 Å². The summed E-state index contributed by atoms with van der Waals surface area (Å²) in [4.78, 5) is 4.56. The molecule has 0 atom stereocenters. The van der Waals surface area contributed by atoms with E-state index in [9.17, 15) is 0 Å². The molecule has 0 radical (unpaired) electrons. The number of ether oxygens (including phenoxy) is 1. The van der Waals surface area contributed by atoms with Crippen molar-refractivity contribution in [3.63, 3.8) is 0 Å². The van der Waals surface area contributed by atoms with Gasteiger partial charge in [-0.25, -0.2) is 4.98 Å². The molecule has 1 heterocycles. The first-order valence-corrected chi connectivity index (χ1v) is 7.32. The number of methoxy groups -OCH3 is 1. The average molecular weight is 269 g/mol. The van der Waals surface area contributed by atoms with E-state index < -0.39 is 0 Å². The van der Waals surface area contributed by atoms with Crippen LogP contribution in [0, 0.1) is 0 Å². The van der Waals surface area contributed by atoms with Crippen LogP contribution in [0.3, 0.4) is 0 Å². The lowest BCUT2D eigenvalue weighted by Gasteiger charge is -1.96. The molecule has 1 aromatic heterocycles. The fourth-order valence-corrected chi connectivity index (χ4v) is 3.57. The summed E-state index contributed by atoms with van der Waals surface area (Å²) >= 11 is 3.46. The normalized spacial score (nSPS) is 10.9. The van der Waals surface area contributed by atoms with Crippen LogP contribution in [0.4, 0.5) is 0 Å². The van der Waals surface area contributed by atoms with E-state index in [2.05, 4.69) is 4.98 Å². The van der Waals surface area contributed by atoms with E-state index in [0.717, 1.165) is 34.2 Å². The number of thiazole rings is 1. The highest BCUT2D eigenvalue weighted by atomic mass is 32.2. The maximum atomic E-state index is 8.70. The van der Waals surface area contributed by atoms with Crippen LogP contribution < -0.4 is 4.74 Å². The van der Waals surface area contributed by atoms with Crippen molar-refractivity contribution in [2.45, 2.75) is 17.2 Å². The lowest BCUT2D eigenvalue weighted by Crippen LogP contribution is -1.84. The molecule has 3 nitrogen and oxygen atoms in total. The smallest absolute Gasteiger partial charge is 0.151 e. The number of aliphatic hydroxyl groups is 1. The molecule has 0 fully saturated rings. The molecule has 0 spiro atoms. The number of hydrogen-bond acceptors (Lipinski definition) is 5. The summed E-state index contributed by atoms with van der Waals surface area (Å²) in [6, 6.07) is 5.97. The summed E-state index contributed by atoms with van der Waals surface area (Å²) in [5, 5.41) is 8.70. The van der Waals surface area contributed by atoms with Gasteiger partial charge in [0.15, 0.2) is 4.34 Å². The van der Waals surface area contributed by atoms with Gasteiger partial charge in [0.05, 0.1) is 17.3 Å². The molecular weight excluding hydrogens is 254 g/mol. The Morgan fingerprint density at radius 3 is 3.06 bits per heavy atom. The zero-order valence-corrected chi connectivity index (χ0v) is 11.3. The molecule has 2 aromatic rings. The average Bonchev–Trinajstić information content (AvgIpc) is 2.76. The van der Waals surface area contributed by atoms with Crippen molar-refractivity contribution < 1.29 is 9.84 Å². The summed E-state index contributed by atoms with van der Waals surface area (Å²) in [5.41, 5.74) is 0.999. The molecule has 1 N–H and O–H groups in total. The number of rotatable bonds is 6. The molecule has 0 unspecified atom stereocenters. The zero-order valence-electron chi connectivity index (χ0n) is 9.68. The van der Waals surface area contributed by atoms with E-state index in [1.807, 2.05) is 18.2 Å². The maximum Gasteiger partial charge on any atom is 0.151 e. The highest BCUT2D eigenvalue weighted by Crippen LogP contribution is 2.31. The van der Waals surface area contributed by atoms with Crippen LogP contribution in [0.5, 0.6) is 5.75 Å². The van der Waals surface area contributed by atoms with Crippen LogP contribution in [-0.4, -0.2) is 29.6 Å². The number of unbranched alkanes of at least 4 members (excludes halogenated alkanes) is 1. The van der Waals surface area contributed by atoms with Gasteiger partial charge >= 0.3 is 0 Å². The van der Waals surface area contributed by atoms with Crippen LogP contribution in [0.15, 0.2) is 22.5 Å². The van der Waals surface area contributed by atoms with Crippen LogP contribution in [-0.2, 0) is 0 Å². The van der Waals surface area contributed by atoms with Gasteiger partial charge < -0.3 is 9.84 Å². The highest BCUT2D eigenvalue weighted by molar-refractivity contribution is 8.01. The summed E-state index contributed by atoms with van der Waals surface area (Å²) in [6.07, 6.45) is 1.89. The molecule has 0 aliphatic rings. The van der Waals surface area contributed by atoms with Crippen molar-refractivity contribution in [3.8, 4) is 5.75 Å². The van der Waals surface area contributed by atoms with Gasteiger partial charge in [-0.3, -0.25) is 0 Å². The molecule has 0 saturated carbocycles. The van der Waals surface area contributed by atoms with Crippen LogP contribution in [0.2, 0.25) is 0 Å². The van der Waals surface area contributed by atoms with Gasteiger partial charge in [0.2, 0.25) is 0 Å². The molecule has 0 amide bonds. The maximum absolute atomic E-state index is 8.70. The van der Waals surface area contributed by atoms with Gasteiger partial charge in [-0.15, -0.1) is 11.3 Å². The topological polar surface area (TPSA) is 42.4 Å². The van der Waals surface area contributed by atoms with Gasteiger partial charge in [-0.2, -0.15) is 0 Å². The van der Waals surface area contributed by atoms with Crippen molar-refractivity contribution >= 4 is 33.3 Å². The lowest BCUT2D eigenvalue weighted by atomic mass is 10.3. The zero-order chi connectivity index (χ0) is 12.1. The number of benzene rings is 1. The van der Waals surface area contributed by atoms with Gasteiger partial charge in [-0.1, -0.05) is 11.8 Å². The number of nitrogens with zero attached hydrogens (tertiary/aromatic N) is 1. The van der Waals surface area contributed by atoms with E-state index in [4.69, 9.17) is 9.84 Å². The van der Waals surface area contributed by atoms with E-state index in [-0.39, 0.29) is 6.61 Å². The second-order valence-electron chi connectivity index (χ2n) is 3.59. The summed E-state index contributed by atoms with van der Waals surface area (Å²) < 4.78 is 7.45. The second kappa shape index (κ2) is 6.23. The Hall–Kier alpha value is -0.780. The standard InChI is InChI=1S/C12H15NO2S2/c1-15-9-4-5-11-10(8-9)13-12(17-11)16-7-3-2-6-14/h4-5,8,14H,2-3,6-7H2,1H3. The SMILES string of the molecule is COc1ccc2sc(SCCCCO)nc2c1. The van der Waals surface area contributed by atoms with Crippen LogP contribution in [0.25, 0.3) is 10.2 Å². The minimum atomic E-state index is 0.275. The Labute approximate surface area is 109 Å². The molecule has 2 rings (SSSR count). The number of aromatic nitrogens is 1. The molecule has 17 heavy (non-hydrogen) atoms. The number of fused-ring (bicyclic) bond motifs is 1. The van der Waals surface area contributed by atoms with Crippen LogP contribution >= 0.6 is 23.1 Å². The van der Waals surface area contributed by atoms with E-state index in [0.29, 0.717) is 0 Å². The Morgan fingerprint density at radius 1 is 1.41 bits per heavy atom. The third-order valence-corrected chi connectivity index (χ3v) is 4.62. The Balaban J connectivity index is 2.04. The van der Waals surface area contributed by atoms with Crippen LogP contribution in [0.1, 0.15) is 12.8 Å². The molecule has 5 heteroatoms.